The van der Waals surface area contributed by atoms with Gasteiger partial charge in [-0.15, -0.1) is 0 Å². The molecule has 2 aliphatic heterocycles. The lowest BCUT2D eigenvalue weighted by atomic mass is 9.96. The largest absolute Gasteiger partial charge is 0.472 e. The van der Waals surface area contributed by atoms with Gasteiger partial charge in [-0.25, -0.2) is 14.2 Å². The molecule has 2 saturated heterocycles. The Hall–Kier alpha value is -2.11. The Labute approximate surface area is 211 Å². The number of halogens is 2. The quantitative estimate of drug-likeness (QED) is 0.345. The van der Waals surface area contributed by atoms with Gasteiger partial charge in [0.2, 0.25) is 5.88 Å². The number of piperazine rings is 1. The van der Waals surface area contributed by atoms with Crippen LogP contribution in [-0.2, 0) is 4.74 Å². The molecule has 2 aromatic heterocycles. The molecule has 0 radical (unpaired) electrons. The average Bonchev–Trinajstić information content (AvgIpc) is 3.58. The number of pyridine rings is 1. The van der Waals surface area contributed by atoms with E-state index >= 15 is 0 Å². The highest BCUT2D eigenvalue weighted by Crippen LogP contribution is 2.42. The number of H-pyrrole nitrogens is 1. The third-order valence-electron chi connectivity index (χ3n) is 6.74. The van der Waals surface area contributed by atoms with Gasteiger partial charge in [0.05, 0.1) is 12.1 Å². The van der Waals surface area contributed by atoms with Crippen LogP contribution < -0.4 is 15.6 Å². The maximum atomic E-state index is 14.8. The van der Waals surface area contributed by atoms with Crippen molar-refractivity contribution in [2.75, 3.05) is 12.8 Å². The molecular weight excluding hydrogens is 497 g/mol. The summed E-state index contributed by atoms with van der Waals surface area (Å²) in [5.41, 5.74) is -1.31. The summed E-state index contributed by atoms with van der Waals surface area (Å²) in [5, 5.41) is 3.36. The molecular formula is C23H29ClFN5O4S. The van der Waals surface area contributed by atoms with Crippen LogP contribution in [0.15, 0.2) is 9.95 Å². The van der Waals surface area contributed by atoms with E-state index in [1.165, 1.54) is 11.8 Å². The van der Waals surface area contributed by atoms with Gasteiger partial charge in [0.15, 0.2) is 16.1 Å². The predicted octanol–water partition coefficient (Wildman–Crippen LogP) is 3.73. The molecule has 0 unspecified atom stereocenters. The van der Waals surface area contributed by atoms with Gasteiger partial charge < -0.3 is 19.8 Å². The summed E-state index contributed by atoms with van der Waals surface area (Å²) in [6.07, 6.45) is 4.59. The van der Waals surface area contributed by atoms with Gasteiger partial charge in [0.25, 0.3) is 5.56 Å². The van der Waals surface area contributed by atoms with Crippen molar-refractivity contribution >= 4 is 40.4 Å². The SMILES string of the molecule is CSc1nc2c(F)c(Cl)nc(O[C@@H](C3CC3)[C@H]3NC[C@H]4CC[C@@H]3N4C(=O)OC(C)(C)C)c2c(=O)[nH]1. The fraction of sp³-hybridized carbons (Fsp3) is 0.652. The van der Waals surface area contributed by atoms with Gasteiger partial charge in [0.1, 0.15) is 22.6 Å². The van der Waals surface area contributed by atoms with Crippen molar-refractivity contribution in [1.29, 1.82) is 0 Å². The lowest BCUT2D eigenvalue weighted by Gasteiger charge is -2.43. The van der Waals surface area contributed by atoms with E-state index in [1.807, 2.05) is 25.7 Å². The Kier molecular flexibility index (Phi) is 6.38. The van der Waals surface area contributed by atoms with Crippen LogP contribution in [0.1, 0.15) is 46.5 Å². The molecule has 1 aliphatic carbocycles. The van der Waals surface area contributed by atoms with E-state index in [2.05, 4.69) is 20.3 Å². The predicted molar refractivity (Wildman–Crippen MR) is 131 cm³/mol. The molecule has 3 aliphatic rings. The second-order valence-electron chi connectivity index (χ2n) is 10.4. The number of nitrogens with zero attached hydrogens (tertiary/aromatic N) is 3. The average molecular weight is 526 g/mol. The van der Waals surface area contributed by atoms with Crippen molar-refractivity contribution in [2.24, 2.45) is 5.92 Å². The zero-order chi connectivity index (χ0) is 25.1. The fourth-order valence-electron chi connectivity index (χ4n) is 5.11. The van der Waals surface area contributed by atoms with Gasteiger partial charge in [-0.2, -0.15) is 4.98 Å². The molecule has 1 amide bonds. The Morgan fingerprint density at radius 2 is 2.00 bits per heavy atom. The van der Waals surface area contributed by atoms with Crippen molar-refractivity contribution in [3.05, 3.63) is 21.3 Å². The molecule has 0 spiro atoms. The molecule has 1 saturated carbocycles. The van der Waals surface area contributed by atoms with Gasteiger partial charge in [0, 0.05) is 12.6 Å². The summed E-state index contributed by atoms with van der Waals surface area (Å²) >= 11 is 7.27. The van der Waals surface area contributed by atoms with Gasteiger partial charge in [-0.05, 0) is 58.6 Å². The first-order chi connectivity index (χ1) is 16.6. The first-order valence-electron chi connectivity index (χ1n) is 11.8. The summed E-state index contributed by atoms with van der Waals surface area (Å²) in [6, 6.07) is -0.273. The van der Waals surface area contributed by atoms with Crippen LogP contribution in [0, 0.1) is 11.7 Å². The van der Waals surface area contributed by atoms with E-state index < -0.39 is 22.1 Å². The summed E-state index contributed by atoms with van der Waals surface area (Å²) in [6.45, 7) is 6.17. The molecule has 9 nitrogen and oxygen atoms in total. The second-order valence-corrected chi connectivity index (χ2v) is 11.5. The monoisotopic (exact) mass is 525 g/mol. The number of carbonyl (C=O) groups excluding carboxylic acids is 1. The van der Waals surface area contributed by atoms with Crippen molar-refractivity contribution in [2.45, 2.75) is 81.4 Å². The molecule has 2 aromatic rings. The Balaban J connectivity index is 1.50. The minimum absolute atomic E-state index is 0.0459. The number of aromatic amines is 1. The van der Waals surface area contributed by atoms with Crippen LogP contribution in [-0.4, -0.2) is 68.6 Å². The lowest BCUT2D eigenvalue weighted by Crippen LogP contribution is -2.65. The van der Waals surface area contributed by atoms with E-state index in [9.17, 15) is 14.0 Å². The molecule has 2 bridgehead atoms. The zero-order valence-corrected chi connectivity index (χ0v) is 21.6. The van der Waals surface area contributed by atoms with Crippen LogP contribution in [0.2, 0.25) is 5.15 Å². The normalized spacial score (nSPS) is 25.1. The van der Waals surface area contributed by atoms with E-state index in [4.69, 9.17) is 21.1 Å². The highest BCUT2D eigenvalue weighted by Gasteiger charge is 2.52. The number of hydrogen-bond acceptors (Lipinski definition) is 8. The number of aromatic nitrogens is 3. The van der Waals surface area contributed by atoms with Gasteiger partial charge in [-0.3, -0.25) is 9.69 Å². The fourth-order valence-corrected chi connectivity index (χ4v) is 5.65. The maximum Gasteiger partial charge on any atom is 0.410 e. The lowest BCUT2D eigenvalue weighted by molar-refractivity contribution is -0.00902. The van der Waals surface area contributed by atoms with Crippen LogP contribution in [0.3, 0.4) is 0 Å². The number of hydrogen-bond donors (Lipinski definition) is 2. The first-order valence-corrected chi connectivity index (χ1v) is 13.4. The van der Waals surface area contributed by atoms with Crippen LogP contribution in [0.4, 0.5) is 9.18 Å². The number of ether oxygens (including phenoxy) is 2. The standard InChI is InChI=1S/C23H29ClFN5O4S/c1-23(2,3)34-22(32)30-11-7-8-12(30)15(26-9-11)17(10-5-6-10)33-20-13-16(14(25)18(24)28-20)27-21(35-4)29-19(13)31/h10-12,15,17,26H,5-9H2,1-4H3,(H,27,29,31)/t11-,12+,15+,17+/m1/s1. The minimum atomic E-state index is -0.857. The van der Waals surface area contributed by atoms with E-state index in [0.29, 0.717) is 6.54 Å². The highest BCUT2D eigenvalue weighted by atomic mass is 35.5. The number of fused-ring (bicyclic) bond motifs is 3. The van der Waals surface area contributed by atoms with Crippen molar-refractivity contribution in [3.63, 3.8) is 0 Å². The molecule has 3 fully saturated rings. The van der Waals surface area contributed by atoms with Crippen LogP contribution >= 0.6 is 23.4 Å². The number of thioether (sulfide) groups is 1. The number of amides is 1. The van der Waals surface area contributed by atoms with Crippen molar-refractivity contribution in [1.82, 2.24) is 25.2 Å². The maximum absolute atomic E-state index is 14.8. The van der Waals surface area contributed by atoms with Gasteiger partial charge in [-0.1, -0.05) is 23.4 Å². The molecule has 5 rings (SSSR count). The van der Waals surface area contributed by atoms with E-state index in [1.54, 1.807) is 6.26 Å². The topological polar surface area (TPSA) is 109 Å². The first kappa shape index (κ1) is 24.6. The molecule has 12 heteroatoms. The van der Waals surface area contributed by atoms with Gasteiger partial charge >= 0.3 is 6.09 Å². The molecule has 2 N–H and O–H groups in total. The van der Waals surface area contributed by atoms with Crippen molar-refractivity contribution < 1.29 is 18.7 Å². The summed E-state index contributed by atoms with van der Waals surface area (Å²) < 4.78 is 26.9. The highest BCUT2D eigenvalue weighted by molar-refractivity contribution is 7.98. The number of rotatable bonds is 5. The smallest absolute Gasteiger partial charge is 0.410 e. The minimum Gasteiger partial charge on any atom is -0.472 e. The van der Waals surface area contributed by atoms with Crippen molar-refractivity contribution in [3.8, 4) is 5.88 Å². The number of nitrogens with one attached hydrogen (secondary N) is 2. The van der Waals surface area contributed by atoms with Crippen LogP contribution in [0.5, 0.6) is 5.88 Å². The summed E-state index contributed by atoms with van der Waals surface area (Å²) in [7, 11) is 0. The molecule has 35 heavy (non-hydrogen) atoms. The van der Waals surface area contributed by atoms with Crippen LogP contribution in [0.25, 0.3) is 10.9 Å². The molecule has 0 aromatic carbocycles. The number of carbonyl (C=O) groups is 1. The van der Waals surface area contributed by atoms with E-state index in [-0.39, 0.29) is 58.2 Å². The summed E-state index contributed by atoms with van der Waals surface area (Å²) in [4.78, 5) is 38.7. The molecule has 4 atom stereocenters. The molecule has 190 valence electrons. The van der Waals surface area contributed by atoms with E-state index in [0.717, 1.165) is 25.7 Å². The second kappa shape index (κ2) is 9.08. The Bertz CT molecular complexity index is 1220. The summed E-state index contributed by atoms with van der Waals surface area (Å²) in [5.74, 6) is -0.692. The molecule has 4 heterocycles. The Morgan fingerprint density at radius 1 is 1.26 bits per heavy atom. The third-order valence-corrected chi connectivity index (χ3v) is 7.57. The third kappa shape index (κ3) is 4.70. The zero-order valence-electron chi connectivity index (χ0n) is 20.1. The Morgan fingerprint density at radius 3 is 2.66 bits per heavy atom.